The molecule has 5 rings (SSSR count). The number of hydrogen-bond acceptors (Lipinski definition) is 2. The third-order valence-corrected chi connectivity index (χ3v) is 7.91. The third kappa shape index (κ3) is 2.43. The summed E-state index contributed by atoms with van der Waals surface area (Å²) in [6.07, 6.45) is 11.2. The topological polar surface area (TPSA) is 18.5 Å². The normalized spacial score (nSPS) is 42.1. The minimum Gasteiger partial charge on any atom is -0.487 e. The minimum atomic E-state index is 0.0574. The maximum absolute atomic E-state index is 6.63. The third-order valence-electron chi connectivity index (χ3n) is 7.91. The lowest BCUT2D eigenvalue weighted by Crippen LogP contribution is -2.40. The average Bonchev–Trinajstić information content (AvgIpc) is 3.07. The number of benzene rings is 1. The highest BCUT2D eigenvalue weighted by Gasteiger charge is 2.49. The van der Waals surface area contributed by atoms with Gasteiger partial charge in [0, 0.05) is 24.0 Å². The van der Waals surface area contributed by atoms with E-state index in [-0.39, 0.29) is 11.2 Å². The molecule has 2 saturated carbocycles. The van der Waals surface area contributed by atoms with Gasteiger partial charge in [-0.05, 0) is 74.8 Å². The van der Waals surface area contributed by atoms with Gasteiger partial charge in [0.15, 0.2) is 0 Å². The summed E-state index contributed by atoms with van der Waals surface area (Å²) in [6.45, 7) is 7.15. The van der Waals surface area contributed by atoms with E-state index in [1.165, 1.54) is 62.5 Å². The van der Waals surface area contributed by atoms with Crippen LogP contribution in [0, 0.1) is 11.8 Å². The van der Waals surface area contributed by atoms with Crippen LogP contribution in [0.25, 0.3) is 0 Å². The van der Waals surface area contributed by atoms with Crippen LogP contribution in [-0.2, 0) is 6.42 Å². The van der Waals surface area contributed by atoms with Gasteiger partial charge in [-0.25, -0.2) is 0 Å². The first-order valence-corrected chi connectivity index (χ1v) is 10.5. The first kappa shape index (κ1) is 16.0. The van der Waals surface area contributed by atoms with Crippen molar-refractivity contribution in [2.24, 2.45) is 11.8 Å². The van der Waals surface area contributed by atoms with Crippen molar-refractivity contribution in [1.82, 2.24) is 0 Å². The first-order chi connectivity index (χ1) is 12.0. The second-order valence-electron chi connectivity index (χ2n) is 9.71. The van der Waals surface area contributed by atoms with E-state index < -0.39 is 0 Å². The molecule has 0 amide bonds. The van der Waals surface area contributed by atoms with Crippen molar-refractivity contribution in [3.05, 3.63) is 23.3 Å². The van der Waals surface area contributed by atoms with E-state index in [1.807, 2.05) is 0 Å². The molecule has 2 aliphatic heterocycles. The summed E-state index contributed by atoms with van der Waals surface area (Å²) in [7, 11) is 0. The van der Waals surface area contributed by atoms with Crippen LogP contribution in [0.4, 0.5) is 0 Å². The molecule has 25 heavy (non-hydrogen) atoms. The van der Waals surface area contributed by atoms with Gasteiger partial charge in [0.2, 0.25) is 0 Å². The quantitative estimate of drug-likeness (QED) is 0.575. The van der Waals surface area contributed by atoms with Gasteiger partial charge >= 0.3 is 0 Å². The zero-order valence-corrected chi connectivity index (χ0v) is 16.1. The van der Waals surface area contributed by atoms with E-state index >= 15 is 0 Å². The van der Waals surface area contributed by atoms with Gasteiger partial charge in [-0.2, -0.15) is 0 Å². The molecule has 2 spiro atoms. The molecule has 2 heteroatoms. The van der Waals surface area contributed by atoms with Crippen LogP contribution in [0.1, 0.15) is 89.2 Å². The molecular weight excluding hydrogens is 308 g/mol. The molecule has 1 unspecified atom stereocenters. The molecule has 4 aliphatic rings. The van der Waals surface area contributed by atoms with E-state index in [9.17, 15) is 0 Å². The van der Waals surface area contributed by atoms with Crippen molar-refractivity contribution in [3.8, 4) is 11.5 Å². The van der Waals surface area contributed by atoms with Crippen LogP contribution >= 0.6 is 0 Å². The lowest BCUT2D eigenvalue weighted by Gasteiger charge is -2.38. The van der Waals surface area contributed by atoms with Crippen LogP contribution in [0.15, 0.2) is 12.1 Å². The first-order valence-electron chi connectivity index (χ1n) is 10.5. The highest BCUT2D eigenvalue weighted by atomic mass is 16.5. The van der Waals surface area contributed by atoms with Gasteiger partial charge in [0.1, 0.15) is 22.7 Å². The summed E-state index contributed by atoms with van der Waals surface area (Å²) < 4.78 is 13.2. The molecule has 0 saturated heterocycles. The van der Waals surface area contributed by atoms with Gasteiger partial charge < -0.3 is 9.47 Å². The maximum atomic E-state index is 6.63. The van der Waals surface area contributed by atoms with Crippen LogP contribution in [-0.4, -0.2) is 11.2 Å². The van der Waals surface area contributed by atoms with Crippen molar-refractivity contribution in [2.45, 2.75) is 95.7 Å². The van der Waals surface area contributed by atoms with Crippen molar-refractivity contribution in [1.29, 1.82) is 0 Å². The summed E-state index contributed by atoms with van der Waals surface area (Å²) in [6, 6.07) is 4.68. The minimum absolute atomic E-state index is 0.0574. The molecule has 2 fully saturated rings. The molecule has 2 heterocycles. The largest absolute Gasteiger partial charge is 0.487 e. The van der Waals surface area contributed by atoms with E-state index in [4.69, 9.17) is 9.47 Å². The summed E-state index contributed by atoms with van der Waals surface area (Å²) in [5, 5.41) is 0. The van der Waals surface area contributed by atoms with Crippen LogP contribution < -0.4 is 9.47 Å². The standard InChI is InChI=1S/C23H32O2/c1-15-4-8-22(9-5-15)14-18-12-19-17(3)23(10-6-16(2)7-11-23)25-21(19)13-20(18)24-22/h12-13,15-17H,4-11,14H2,1-3H3. The predicted octanol–water partition coefficient (Wildman–Crippen LogP) is 6.02. The maximum Gasteiger partial charge on any atom is 0.127 e. The number of ether oxygens (including phenoxy) is 2. The summed E-state index contributed by atoms with van der Waals surface area (Å²) in [5.74, 6) is 4.46. The summed E-state index contributed by atoms with van der Waals surface area (Å²) in [5.41, 5.74) is 3.02. The Balaban J connectivity index is 1.41. The Labute approximate surface area is 152 Å². The Morgan fingerprint density at radius 1 is 0.800 bits per heavy atom. The Morgan fingerprint density at radius 3 is 2.12 bits per heavy atom. The molecular formula is C23H32O2. The highest BCUT2D eigenvalue weighted by Crippen LogP contribution is 2.55. The van der Waals surface area contributed by atoms with Gasteiger partial charge in [-0.15, -0.1) is 0 Å². The fraction of sp³-hybridized carbons (Fsp3) is 0.739. The van der Waals surface area contributed by atoms with Crippen LogP contribution in [0.3, 0.4) is 0 Å². The van der Waals surface area contributed by atoms with Crippen molar-refractivity contribution < 1.29 is 9.47 Å². The lowest BCUT2D eigenvalue weighted by atomic mass is 9.72. The van der Waals surface area contributed by atoms with E-state index in [0.717, 1.165) is 29.8 Å². The molecule has 0 aromatic heterocycles. The SMILES string of the molecule is CC1CCC2(CC1)Cc1cc3c(cc1O2)OC1(CCC(C)CC1)C3C. The summed E-state index contributed by atoms with van der Waals surface area (Å²) in [4.78, 5) is 0. The van der Waals surface area contributed by atoms with Gasteiger partial charge in [-0.1, -0.05) is 20.8 Å². The van der Waals surface area contributed by atoms with Crippen molar-refractivity contribution in [2.75, 3.05) is 0 Å². The smallest absolute Gasteiger partial charge is 0.127 e. The van der Waals surface area contributed by atoms with Crippen molar-refractivity contribution >= 4 is 0 Å². The monoisotopic (exact) mass is 340 g/mol. The van der Waals surface area contributed by atoms with Gasteiger partial charge in [0.25, 0.3) is 0 Å². The number of hydrogen-bond donors (Lipinski definition) is 0. The van der Waals surface area contributed by atoms with Crippen molar-refractivity contribution in [3.63, 3.8) is 0 Å². The molecule has 1 aromatic carbocycles. The lowest BCUT2D eigenvalue weighted by molar-refractivity contribution is 0.0195. The molecule has 2 aliphatic carbocycles. The zero-order chi connectivity index (χ0) is 17.2. The van der Waals surface area contributed by atoms with E-state index in [0.29, 0.717) is 5.92 Å². The molecule has 2 nitrogen and oxygen atoms in total. The molecule has 1 atom stereocenters. The second-order valence-corrected chi connectivity index (χ2v) is 9.71. The van der Waals surface area contributed by atoms with Crippen LogP contribution in [0.2, 0.25) is 0 Å². The fourth-order valence-corrected chi connectivity index (χ4v) is 5.85. The van der Waals surface area contributed by atoms with Gasteiger partial charge in [0.05, 0.1) is 0 Å². The molecule has 1 aromatic rings. The van der Waals surface area contributed by atoms with Crippen LogP contribution in [0.5, 0.6) is 11.5 Å². The highest BCUT2D eigenvalue weighted by molar-refractivity contribution is 5.54. The fourth-order valence-electron chi connectivity index (χ4n) is 5.85. The Kier molecular flexibility index (Phi) is 3.47. The Hall–Kier alpha value is -1.18. The zero-order valence-electron chi connectivity index (χ0n) is 16.1. The van der Waals surface area contributed by atoms with E-state index in [1.54, 1.807) is 0 Å². The molecule has 0 radical (unpaired) electrons. The molecule has 0 bridgehead atoms. The Bertz CT molecular complexity index is 676. The summed E-state index contributed by atoms with van der Waals surface area (Å²) >= 11 is 0. The molecule has 136 valence electrons. The average molecular weight is 341 g/mol. The molecule has 0 N–H and O–H groups in total. The predicted molar refractivity (Wildman–Crippen MR) is 101 cm³/mol. The number of fused-ring (bicyclic) bond motifs is 2. The Morgan fingerprint density at radius 2 is 1.44 bits per heavy atom. The second kappa shape index (κ2) is 5.41. The van der Waals surface area contributed by atoms with E-state index in [2.05, 4.69) is 32.9 Å². The van der Waals surface area contributed by atoms with Gasteiger partial charge in [-0.3, -0.25) is 0 Å². The number of rotatable bonds is 0.